The number of amides is 1. The molecular weight excluding hydrogens is 256 g/mol. The fourth-order valence-corrected chi connectivity index (χ4v) is 2.37. The topological polar surface area (TPSA) is 55.1 Å². The van der Waals surface area contributed by atoms with E-state index in [1.807, 2.05) is 11.6 Å². The molecule has 90 valence electrons. The van der Waals surface area contributed by atoms with Crippen molar-refractivity contribution in [3.63, 3.8) is 0 Å². The predicted octanol–water partition coefficient (Wildman–Crippen LogP) is 2.70. The first-order valence-electron chi connectivity index (χ1n) is 5.01. The average Bonchev–Trinajstić information content (AvgIpc) is 2.94. The maximum absolute atomic E-state index is 11.9. The lowest BCUT2D eigenvalue weighted by molar-refractivity contribution is 0.0949. The zero-order chi connectivity index (χ0) is 12.3. The molecule has 0 spiro atoms. The number of nitrogens with zero attached hydrogens (tertiary/aromatic N) is 1. The Morgan fingerprint density at radius 3 is 3.06 bits per heavy atom. The van der Waals surface area contributed by atoms with Gasteiger partial charge in [-0.3, -0.25) is 4.79 Å². The van der Waals surface area contributed by atoms with Gasteiger partial charge in [0.1, 0.15) is 10.8 Å². The maximum Gasteiger partial charge on any atom is 0.255 e. The summed E-state index contributed by atoms with van der Waals surface area (Å²) < 4.78 is 5.41. The van der Waals surface area contributed by atoms with E-state index in [0.717, 1.165) is 10.1 Å². The summed E-state index contributed by atoms with van der Waals surface area (Å²) in [6, 6.07) is 1.76. The summed E-state index contributed by atoms with van der Waals surface area (Å²) in [4.78, 5) is 16.0. The number of aryl methyl sites for hydroxylation is 1. The van der Waals surface area contributed by atoms with Crippen molar-refractivity contribution in [3.8, 4) is 0 Å². The number of carbonyl (C=O) groups is 1. The first-order valence-corrected chi connectivity index (χ1v) is 7.12. The summed E-state index contributed by atoms with van der Waals surface area (Å²) in [6.45, 7) is 2.24. The molecule has 17 heavy (non-hydrogen) atoms. The van der Waals surface area contributed by atoms with Gasteiger partial charge in [-0.25, -0.2) is 4.98 Å². The number of hydrogen-bond acceptors (Lipinski definition) is 5. The summed E-state index contributed by atoms with van der Waals surface area (Å²) in [5, 5.41) is 6.35. The van der Waals surface area contributed by atoms with E-state index in [4.69, 9.17) is 4.42 Å². The van der Waals surface area contributed by atoms with Crippen LogP contribution in [0.1, 0.15) is 21.1 Å². The minimum Gasteiger partial charge on any atom is -0.454 e. The van der Waals surface area contributed by atoms with Crippen LogP contribution in [0.4, 0.5) is 0 Å². The van der Waals surface area contributed by atoms with E-state index < -0.39 is 0 Å². The van der Waals surface area contributed by atoms with Crippen molar-refractivity contribution < 1.29 is 9.21 Å². The van der Waals surface area contributed by atoms with Gasteiger partial charge >= 0.3 is 0 Å². The number of thiazole rings is 1. The smallest absolute Gasteiger partial charge is 0.255 e. The fourth-order valence-electron chi connectivity index (χ4n) is 1.37. The van der Waals surface area contributed by atoms with E-state index >= 15 is 0 Å². The van der Waals surface area contributed by atoms with Crippen LogP contribution in [-0.4, -0.2) is 17.1 Å². The molecule has 2 aromatic rings. The van der Waals surface area contributed by atoms with Crippen LogP contribution in [0, 0.1) is 6.92 Å². The van der Waals surface area contributed by atoms with E-state index in [-0.39, 0.29) is 5.91 Å². The van der Waals surface area contributed by atoms with Crippen LogP contribution in [0.15, 0.2) is 27.2 Å². The van der Waals surface area contributed by atoms with Crippen molar-refractivity contribution in [3.05, 3.63) is 34.0 Å². The minimum atomic E-state index is -0.123. The Labute approximate surface area is 107 Å². The molecular formula is C11H12N2O2S2. The molecule has 0 radical (unpaired) electrons. The molecule has 0 unspecified atom stereocenters. The summed E-state index contributed by atoms with van der Waals surface area (Å²) in [5.74, 6) is 0.521. The highest BCUT2D eigenvalue weighted by molar-refractivity contribution is 7.98. The maximum atomic E-state index is 11.9. The largest absolute Gasteiger partial charge is 0.454 e. The van der Waals surface area contributed by atoms with Gasteiger partial charge in [-0.2, -0.15) is 0 Å². The molecule has 2 rings (SSSR count). The summed E-state index contributed by atoms with van der Waals surface area (Å²) >= 11 is 3.00. The highest BCUT2D eigenvalue weighted by Crippen LogP contribution is 2.22. The lowest BCUT2D eigenvalue weighted by atomic mass is 10.2. The fraction of sp³-hybridized carbons (Fsp3) is 0.273. The van der Waals surface area contributed by atoms with Gasteiger partial charge in [0.05, 0.1) is 12.1 Å². The zero-order valence-electron chi connectivity index (χ0n) is 9.52. The number of hydrogen-bond donors (Lipinski definition) is 1. The van der Waals surface area contributed by atoms with Crippen LogP contribution in [0.25, 0.3) is 0 Å². The van der Waals surface area contributed by atoms with Crippen molar-refractivity contribution in [1.82, 2.24) is 10.3 Å². The Hall–Kier alpha value is -1.27. The van der Waals surface area contributed by atoms with Crippen LogP contribution in [0.2, 0.25) is 0 Å². The average molecular weight is 268 g/mol. The third-order valence-electron chi connectivity index (χ3n) is 2.22. The molecule has 0 aromatic carbocycles. The van der Waals surface area contributed by atoms with Crippen molar-refractivity contribution >= 4 is 29.0 Å². The van der Waals surface area contributed by atoms with Crippen LogP contribution in [-0.2, 0) is 6.54 Å². The third-order valence-corrected chi connectivity index (χ3v) is 3.61. The van der Waals surface area contributed by atoms with E-state index in [0.29, 0.717) is 17.9 Å². The molecule has 1 amide bonds. The highest BCUT2D eigenvalue weighted by Gasteiger charge is 2.14. The normalized spacial score (nSPS) is 10.5. The van der Waals surface area contributed by atoms with Gasteiger partial charge in [-0.05, 0) is 13.2 Å². The van der Waals surface area contributed by atoms with Gasteiger partial charge in [0, 0.05) is 17.6 Å². The Bertz CT molecular complexity index is 506. The predicted molar refractivity (Wildman–Crippen MR) is 68.5 cm³/mol. The third kappa shape index (κ3) is 2.89. The second-order valence-corrected chi connectivity index (χ2v) is 5.14. The number of carbonyl (C=O) groups excluding carboxylic acids is 1. The van der Waals surface area contributed by atoms with Crippen LogP contribution < -0.4 is 5.32 Å². The molecule has 0 saturated heterocycles. The second kappa shape index (κ2) is 5.37. The van der Waals surface area contributed by atoms with E-state index in [2.05, 4.69) is 10.3 Å². The number of aromatic nitrogens is 1. The number of thioether (sulfide) groups is 1. The molecule has 0 aliphatic heterocycles. The molecule has 2 heterocycles. The molecule has 2 aromatic heterocycles. The van der Waals surface area contributed by atoms with Gasteiger partial charge in [0.2, 0.25) is 0 Å². The summed E-state index contributed by atoms with van der Waals surface area (Å²) in [5.41, 5.74) is 0.589. The molecule has 0 bridgehead atoms. The molecule has 0 fully saturated rings. The quantitative estimate of drug-likeness (QED) is 0.866. The standard InChI is InChI=1S/C11H12N2O2S2/c1-7-8(5-10(15-7)16-2)11(14)13-6-9-12-3-4-17-9/h3-5H,6H2,1-2H3,(H,13,14). The second-order valence-electron chi connectivity index (χ2n) is 3.35. The van der Waals surface area contributed by atoms with Crippen LogP contribution >= 0.6 is 23.1 Å². The lowest BCUT2D eigenvalue weighted by Crippen LogP contribution is -2.22. The van der Waals surface area contributed by atoms with E-state index in [9.17, 15) is 4.79 Å². The summed E-state index contributed by atoms with van der Waals surface area (Å²) in [6.07, 6.45) is 3.64. The zero-order valence-corrected chi connectivity index (χ0v) is 11.2. The monoisotopic (exact) mass is 268 g/mol. The lowest BCUT2D eigenvalue weighted by Gasteiger charge is -2.00. The van der Waals surface area contributed by atoms with Crippen molar-refractivity contribution in [1.29, 1.82) is 0 Å². The molecule has 1 N–H and O–H groups in total. The minimum absolute atomic E-state index is 0.123. The summed E-state index contributed by atoms with van der Waals surface area (Å²) in [7, 11) is 0. The van der Waals surface area contributed by atoms with Gasteiger partial charge in [0.15, 0.2) is 5.09 Å². The van der Waals surface area contributed by atoms with E-state index in [1.165, 1.54) is 23.1 Å². The van der Waals surface area contributed by atoms with Gasteiger partial charge in [-0.15, -0.1) is 11.3 Å². The molecule has 0 aliphatic rings. The number of furan rings is 1. The Kier molecular flexibility index (Phi) is 3.86. The Balaban J connectivity index is 2.01. The highest BCUT2D eigenvalue weighted by atomic mass is 32.2. The molecule has 0 atom stereocenters. The number of rotatable bonds is 4. The molecule has 0 saturated carbocycles. The van der Waals surface area contributed by atoms with Crippen LogP contribution in [0.5, 0.6) is 0 Å². The van der Waals surface area contributed by atoms with Crippen LogP contribution in [0.3, 0.4) is 0 Å². The first-order chi connectivity index (χ1) is 8.20. The first kappa shape index (κ1) is 12.2. The Morgan fingerprint density at radius 1 is 1.65 bits per heavy atom. The Morgan fingerprint density at radius 2 is 2.47 bits per heavy atom. The van der Waals surface area contributed by atoms with Gasteiger partial charge in [0.25, 0.3) is 5.91 Å². The van der Waals surface area contributed by atoms with Crippen molar-refractivity contribution in [2.45, 2.75) is 18.6 Å². The van der Waals surface area contributed by atoms with Gasteiger partial charge in [-0.1, -0.05) is 11.8 Å². The van der Waals surface area contributed by atoms with E-state index in [1.54, 1.807) is 19.2 Å². The molecule has 0 aliphatic carbocycles. The van der Waals surface area contributed by atoms with Crippen molar-refractivity contribution in [2.24, 2.45) is 0 Å². The van der Waals surface area contributed by atoms with Crippen molar-refractivity contribution in [2.75, 3.05) is 6.26 Å². The van der Waals surface area contributed by atoms with Gasteiger partial charge < -0.3 is 9.73 Å². The number of nitrogens with one attached hydrogen (secondary N) is 1. The SMILES string of the molecule is CSc1cc(C(=O)NCc2nccs2)c(C)o1. The molecule has 6 heteroatoms. The molecule has 4 nitrogen and oxygen atoms in total.